The lowest BCUT2D eigenvalue weighted by Gasteiger charge is -2.23. The summed E-state index contributed by atoms with van der Waals surface area (Å²) in [6.07, 6.45) is 6.66. The van der Waals surface area contributed by atoms with Gasteiger partial charge < -0.3 is 14.4 Å². The highest BCUT2D eigenvalue weighted by atomic mass is 35.5. The summed E-state index contributed by atoms with van der Waals surface area (Å²) >= 11 is 6.29. The van der Waals surface area contributed by atoms with Crippen LogP contribution in [0.4, 0.5) is 0 Å². The van der Waals surface area contributed by atoms with Crippen molar-refractivity contribution in [2.45, 2.75) is 39.2 Å². The van der Waals surface area contributed by atoms with E-state index in [-0.39, 0.29) is 11.9 Å². The number of benzene rings is 1. The summed E-state index contributed by atoms with van der Waals surface area (Å²) in [5, 5.41) is 0.481. The summed E-state index contributed by atoms with van der Waals surface area (Å²) in [6.45, 7) is 4.71. The van der Waals surface area contributed by atoms with Gasteiger partial charge in [-0.2, -0.15) is 0 Å². The normalized spacial score (nSPS) is 15.4. The van der Waals surface area contributed by atoms with Gasteiger partial charge in [-0.1, -0.05) is 18.5 Å². The molecule has 2 rings (SSSR count). The lowest BCUT2D eigenvalue weighted by Crippen LogP contribution is -2.35. The van der Waals surface area contributed by atoms with Gasteiger partial charge in [0.05, 0.1) is 18.7 Å². The van der Waals surface area contributed by atoms with Crippen molar-refractivity contribution in [2.75, 3.05) is 20.8 Å². The Morgan fingerprint density at radius 1 is 1.46 bits per heavy atom. The van der Waals surface area contributed by atoms with Crippen LogP contribution >= 0.6 is 11.6 Å². The molecular weight excluding hydrogens is 326 g/mol. The predicted octanol–water partition coefficient (Wildman–Crippen LogP) is 4.41. The topological polar surface area (TPSA) is 38.8 Å². The van der Waals surface area contributed by atoms with E-state index in [1.54, 1.807) is 30.2 Å². The van der Waals surface area contributed by atoms with E-state index >= 15 is 0 Å². The maximum atomic E-state index is 12.3. The van der Waals surface area contributed by atoms with Gasteiger partial charge >= 0.3 is 0 Å². The van der Waals surface area contributed by atoms with E-state index in [2.05, 4.69) is 6.92 Å². The monoisotopic (exact) mass is 351 g/mol. The van der Waals surface area contributed by atoms with E-state index in [1.165, 1.54) is 12.8 Å². The molecule has 0 bridgehead atoms. The number of halogens is 1. The fourth-order valence-electron chi connectivity index (χ4n) is 2.56. The summed E-state index contributed by atoms with van der Waals surface area (Å²) in [5.74, 6) is 1.76. The molecule has 4 nitrogen and oxygen atoms in total. The second kappa shape index (κ2) is 8.43. The molecule has 0 radical (unpaired) electrons. The number of hydrogen-bond acceptors (Lipinski definition) is 3. The van der Waals surface area contributed by atoms with Crippen molar-refractivity contribution in [2.24, 2.45) is 5.92 Å². The minimum atomic E-state index is -0.00389. The molecule has 1 aliphatic rings. The van der Waals surface area contributed by atoms with Crippen molar-refractivity contribution < 1.29 is 14.3 Å². The third-order valence-corrected chi connectivity index (χ3v) is 4.66. The first-order chi connectivity index (χ1) is 11.5. The van der Waals surface area contributed by atoms with E-state index in [0.717, 1.165) is 12.0 Å². The molecule has 1 fully saturated rings. The Kier molecular flexibility index (Phi) is 6.55. The third kappa shape index (κ3) is 4.67. The average Bonchev–Trinajstić information content (AvgIpc) is 3.41. The number of nitrogens with zero attached hydrogens (tertiary/aromatic N) is 1. The molecule has 0 aliphatic heterocycles. The summed E-state index contributed by atoms with van der Waals surface area (Å²) in [7, 11) is 3.43. The Bertz CT molecular complexity index is 611. The molecule has 1 saturated carbocycles. The van der Waals surface area contributed by atoms with Crippen LogP contribution in [0.15, 0.2) is 18.2 Å². The van der Waals surface area contributed by atoms with Crippen LogP contribution in [0.3, 0.4) is 0 Å². The second-order valence-corrected chi connectivity index (χ2v) is 6.65. The molecular formula is C19H26ClNO3. The van der Waals surface area contributed by atoms with E-state index in [9.17, 15) is 4.79 Å². The highest BCUT2D eigenvalue weighted by molar-refractivity contribution is 6.32. The first-order valence-corrected chi connectivity index (χ1v) is 8.80. The minimum Gasteiger partial charge on any atom is -0.493 e. The Hall–Kier alpha value is -1.68. The maximum absolute atomic E-state index is 12.3. The first kappa shape index (κ1) is 18.7. The minimum absolute atomic E-state index is 0.00389. The van der Waals surface area contributed by atoms with E-state index < -0.39 is 0 Å². The lowest BCUT2D eigenvalue weighted by molar-refractivity contribution is -0.126. The zero-order chi connectivity index (χ0) is 17.7. The van der Waals surface area contributed by atoms with E-state index in [4.69, 9.17) is 21.1 Å². The molecule has 0 saturated heterocycles. The smallest absolute Gasteiger partial charge is 0.246 e. The summed E-state index contributed by atoms with van der Waals surface area (Å²) in [4.78, 5) is 14.1. The molecule has 1 unspecified atom stereocenters. The molecule has 1 atom stereocenters. The molecule has 1 aliphatic carbocycles. The molecule has 1 aromatic rings. The summed E-state index contributed by atoms with van der Waals surface area (Å²) in [5.41, 5.74) is 0.807. The number of methoxy groups -OCH3 is 1. The van der Waals surface area contributed by atoms with Gasteiger partial charge in [-0.05, 0) is 55.9 Å². The standard InChI is InChI=1S/C19H26ClNO3/c1-5-10-24-19-16(20)11-14(12-17(19)23-4)6-9-18(22)21(3)13(2)15-7-8-15/h6,9,11-13,15H,5,7-8,10H2,1-4H3/b9-6+. The van der Waals surface area contributed by atoms with Gasteiger partial charge in [0.15, 0.2) is 11.5 Å². The van der Waals surface area contributed by atoms with Crippen LogP contribution in [-0.2, 0) is 4.79 Å². The van der Waals surface area contributed by atoms with Crippen LogP contribution in [-0.4, -0.2) is 37.6 Å². The predicted molar refractivity (Wildman–Crippen MR) is 97.8 cm³/mol. The van der Waals surface area contributed by atoms with Crippen molar-refractivity contribution in [1.29, 1.82) is 0 Å². The van der Waals surface area contributed by atoms with Crippen molar-refractivity contribution in [3.05, 3.63) is 28.8 Å². The largest absolute Gasteiger partial charge is 0.493 e. The Labute approximate surface area is 149 Å². The molecule has 0 spiro atoms. The SMILES string of the molecule is CCCOc1c(Cl)cc(/C=C/C(=O)N(C)C(C)C2CC2)cc1OC. The quantitative estimate of drug-likeness (QED) is 0.651. The number of likely N-dealkylation sites (N-methyl/N-ethyl adjacent to an activating group) is 1. The van der Waals surface area contributed by atoms with Crippen LogP contribution in [0.1, 0.15) is 38.7 Å². The average molecular weight is 352 g/mol. The van der Waals surface area contributed by atoms with Crippen LogP contribution in [0, 0.1) is 5.92 Å². The molecule has 24 heavy (non-hydrogen) atoms. The fraction of sp³-hybridized carbons (Fsp3) is 0.526. The van der Waals surface area contributed by atoms with Gasteiger partial charge in [-0.3, -0.25) is 4.79 Å². The number of carbonyl (C=O) groups excluding carboxylic acids is 1. The molecule has 0 aromatic heterocycles. The Morgan fingerprint density at radius 3 is 2.75 bits per heavy atom. The number of rotatable bonds is 8. The zero-order valence-corrected chi connectivity index (χ0v) is 15.6. The van der Waals surface area contributed by atoms with E-state index in [0.29, 0.717) is 29.0 Å². The number of ether oxygens (including phenoxy) is 2. The summed E-state index contributed by atoms with van der Waals surface area (Å²) < 4.78 is 11.0. The maximum Gasteiger partial charge on any atom is 0.246 e. The molecule has 1 amide bonds. The molecule has 5 heteroatoms. The van der Waals surface area contributed by atoms with Gasteiger partial charge in [-0.15, -0.1) is 0 Å². The van der Waals surface area contributed by atoms with Crippen LogP contribution < -0.4 is 9.47 Å². The second-order valence-electron chi connectivity index (χ2n) is 6.24. The van der Waals surface area contributed by atoms with Crippen LogP contribution in [0.5, 0.6) is 11.5 Å². The van der Waals surface area contributed by atoms with Gasteiger partial charge in [0.2, 0.25) is 5.91 Å². The van der Waals surface area contributed by atoms with E-state index in [1.807, 2.05) is 20.0 Å². The number of hydrogen-bond donors (Lipinski definition) is 0. The Morgan fingerprint density at radius 2 is 2.17 bits per heavy atom. The first-order valence-electron chi connectivity index (χ1n) is 8.43. The molecule has 1 aromatic carbocycles. The van der Waals surface area contributed by atoms with Gasteiger partial charge in [0, 0.05) is 19.2 Å². The van der Waals surface area contributed by atoms with Gasteiger partial charge in [-0.25, -0.2) is 0 Å². The highest BCUT2D eigenvalue weighted by Crippen LogP contribution is 2.37. The van der Waals surface area contributed by atoms with Crippen LogP contribution in [0.25, 0.3) is 6.08 Å². The van der Waals surface area contributed by atoms with Gasteiger partial charge in [0.1, 0.15) is 0 Å². The summed E-state index contributed by atoms with van der Waals surface area (Å²) in [6, 6.07) is 3.89. The Balaban J connectivity index is 2.10. The molecule has 132 valence electrons. The molecule has 0 heterocycles. The van der Waals surface area contributed by atoms with Crippen LogP contribution in [0.2, 0.25) is 5.02 Å². The van der Waals surface area contributed by atoms with Crippen molar-refractivity contribution in [3.8, 4) is 11.5 Å². The van der Waals surface area contributed by atoms with Crippen molar-refractivity contribution in [1.82, 2.24) is 4.90 Å². The lowest BCUT2D eigenvalue weighted by atomic mass is 10.1. The van der Waals surface area contributed by atoms with Crippen molar-refractivity contribution >= 4 is 23.6 Å². The van der Waals surface area contributed by atoms with Gasteiger partial charge in [0.25, 0.3) is 0 Å². The highest BCUT2D eigenvalue weighted by Gasteiger charge is 2.31. The zero-order valence-electron chi connectivity index (χ0n) is 14.8. The molecule has 0 N–H and O–H groups in total. The number of amides is 1. The number of carbonyl (C=O) groups is 1. The fourth-order valence-corrected chi connectivity index (χ4v) is 2.83. The van der Waals surface area contributed by atoms with Crippen molar-refractivity contribution in [3.63, 3.8) is 0 Å². The third-order valence-electron chi connectivity index (χ3n) is 4.38.